The highest BCUT2D eigenvalue weighted by atomic mass is 19.1. The highest BCUT2D eigenvalue weighted by molar-refractivity contribution is 5.96. The molecule has 2 saturated heterocycles. The fourth-order valence-electron chi connectivity index (χ4n) is 6.49. The molecule has 1 atom stereocenters. The second-order valence-corrected chi connectivity index (χ2v) is 10.5. The standard InChI is InChI=1S/C27H33FN6O2/c1-3-36-26(35)34-17-27(18-34)7-6-20(14-27)32-9-11-33(12-10-32)23-13-19(28)15-30-24(23)22-16-31(2)25-21(22)5-4-8-29-25/h4-5,8,13,15-16,20H,3,6-7,9-12,14,17-18H2,1-2H3. The summed E-state index contributed by atoms with van der Waals surface area (Å²) in [5.74, 6) is -0.316. The van der Waals surface area contributed by atoms with Crippen molar-refractivity contribution in [1.82, 2.24) is 24.3 Å². The number of hydrogen-bond donors (Lipinski definition) is 0. The van der Waals surface area contributed by atoms with Gasteiger partial charge in [0.2, 0.25) is 0 Å². The Morgan fingerprint density at radius 3 is 2.81 bits per heavy atom. The fourth-order valence-corrected chi connectivity index (χ4v) is 6.49. The van der Waals surface area contributed by atoms with Crippen LogP contribution in [0.4, 0.5) is 14.9 Å². The summed E-state index contributed by atoms with van der Waals surface area (Å²) in [6, 6.07) is 6.14. The van der Waals surface area contributed by atoms with Crippen LogP contribution < -0.4 is 4.90 Å². The molecule has 1 unspecified atom stereocenters. The maximum atomic E-state index is 14.4. The lowest BCUT2D eigenvalue weighted by Crippen LogP contribution is -2.58. The Labute approximate surface area is 210 Å². The van der Waals surface area contributed by atoms with Crippen LogP contribution in [-0.2, 0) is 11.8 Å². The molecule has 36 heavy (non-hydrogen) atoms. The molecule has 9 heteroatoms. The maximum Gasteiger partial charge on any atom is 0.409 e. The van der Waals surface area contributed by atoms with Gasteiger partial charge in [-0.3, -0.25) is 9.88 Å². The van der Waals surface area contributed by atoms with Gasteiger partial charge >= 0.3 is 6.09 Å². The molecule has 190 valence electrons. The molecular formula is C27H33FN6O2. The highest BCUT2D eigenvalue weighted by Gasteiger charge is 2.51. The number of likely N-dealkylation sites (tertiary alicyclic amines) is 1. The number of hydrogen-bond acceptors (Lipinski definition) is 6. The summed E-state index contributed by atoms with van der Waals surface area (Å²) in [5, 5.41) is 1.02. The van der Waals surface area contributed by atoms with Gasteiger partial charge in [0.25, 0.3) is 0 Å². The lowest BCUT2D eigenvalue weighted by Gasteiger charge is -2.48. The minimum absolute atomic E-state index is 0.179. The van der Waals surface area contributed by atoms with E-state index in [2.05, 4.69) is 19.8 Å². The molecule has 8 nitrogen and oxygen atoms in total. The topological polar surface area (TPSA) is 66.7 Å². The smallest absolute Gasteiger partial charge is 0.409 e. The molecule has 1 aliphatic carbocycles. The van der Waals surface area contributed by atoms with Crippen molar-refractivity contribution in [3.05, 3.63) is 42.6 Å². The molecule has 1 saturated carbocycles. The second-order valence-electron chi connectivity index (χ2n) is 10.5. The summed E-state index contributed by atoms with van der Waals surface area (Å²) in [7, 11) is 1.98. The Morgan fingerprint density at radius 2 is 2.03 bits per heavy atom. The van der Waals surface area contributed by atoms with E-state index in [4.69, 9.17) is 4.74 Å². The number of halogens is 1. The minimum atomic E-state index is -0.316. The fraction of sp³-hybridized carbons (Fsp3) is 0.519. The van der Waals surface area contributed by atoms with Gasteiger partial charge < -0.3 is 19.1 Å². The second kappa shape index (κ2) is 9.03. The van der Waals surface area contributed by atoms with E-state index in [0.717, 1.165) is 73.7 Å². The van der Waals surface area contributed by atoms with Gasteiger partial charge in [-0.05, 0) is 38.3 Å². The molecule has 1 amide bonds. The first kappa shape index (κ1) is 23.2. The Bertz CT molecular complexity index is 1280. The predicted molar refractivity (Wildman–Crippen MR) is 136 cm³/mol. The molecule has 3 fully saturated rings. The molecule has 5 heterocycles. The summed E-state index contributed by atoms with van der Waals surface area (Å²) < 4.78 is 21.5. The number of nitrogens with zero attached hydrogens (tertiary/aromatic N) is 6. The first-order valence-corrected chi connectivity index (χ1v) is 12.9. The number of fused-ring (bicyclic) bond motifs is 1. The average molecular weight is 493 g/mol. The van der Waals surface area contributed by atoms with E-state index in [1.54, 1.807) is 12.3 Å². The first-order valence-electron chi connectivity index (χ1n) is 12.9. The summed E-state index contributed by atoms with van der Waals surface area (Å²) in [6.07, 6.45) is 8.43. The van der Waals surface area contributed by atoms with Gasteiger partial charge in [0.15, 0.2) is 0 Å². The molecule has 0 bridgehead atoms. The zero-order chi connectivity index (χ0) is 24.9. The summed E-state index contributed by atoms with van der Waals surface area (Å²) in [4.78, 5) is 27.7. The molecule has 3 aromatic rings. The SMILES string of the molecule is CCOC(=O)N1CC2(CCC(N3CCN(c4cc(F)cnc4-c4cn(C)c5ncccc45)CC3)C2)C1. The van der Waals surface area contributed by atoms with Gasteiger partial charge in [0.1, 0.15) is 11.5 Å². The van der Waals surface area contributed by atoms with Crippen LogP contribution in [0.2, 0.25) is 0 Å². The number of pyridine rings is 2. The maximum absolute atomic E-state index is 14.4. The van der Waals surface area contributed by atoms with Crippen LogP contribution in [0.3, 0.4) is 0 Å². The van der Waals surface area contributed by atoms with Crippen molar-refractivity contribution in [2.45, 2.75) is 32.2 Å². The van der Waals surface area contributed by atoms with Gasteiger partial charge in [-0.25, -0.2) is 14.2 Å². The summed E-state index contributed by atoms with van der Waals surface area (Å²) in [5.41, 5.74) is 3.78. The number of aryl methyl sites for hydroxylation is 1. The number of carbonyl (C=O) groups excluding carboxylic acids is 1. The molecule has 3 aliphatic rings. The largest absolute Gasteiger partial charge is 0.450 e. The van der Waals surface area contributed by atoms with E-state index in [-0.39, 0.29) is 17.3 Å². The molecule has 3 aromatic heterocycles. The number of ether oxygens (including phenoxy) is 1. The first-order chi connectivity index (χ1) is 17.5. The van der Waals surface area contributed by atoms with Crippen molar-refractivity contribution in [2.24, 2.45) is 12.5 Å². The molecule has 6 rings (SSSR count). The van der Waals surface area contributed by atoms with Crippen molar-refractivity contribution >= 4 is 22.8 Å². The van der Waals surface area contributed by atoms with Crippen molar-refractivity contribution in [3.63, 3.8) is 0 Å². The minimum Gasteiger partial charge on any atom is -0.450 e. The van der Waals surface area contributed by atoms with Gasteiger partial charge in [-0.2, -0.15) is 0 Å². The third-order valence-electron chi connectivity index (χ3n) is 8.25. The lowest BCUT2D eigenvalue weighted by molar-refractivity contribution is -0.00294. The van der Waals surface area contributed by atoms with Crippen molar-refractivity contribution in [3.8, 4) is 11.3 Å². The normalized spacial score (nSPS) is 21.8. The number of piperazine rings is 1. The van der Waals surface area contributed by atoms with Crippen LogP contribution in [0.25, 0.3) is 22.3 Å². The van der Waals surface area contributed by atoms with Gasteiger partial charge in [-0.15, -0.1) is 0 Å². The van der Waals surface area contributed by atoms with E-state index >= 15 is 0 Å². The van der Waals surface area contributed by atoms with Crippen LogP contribution in [0.1, 0.15) is 26.2 Å². The number of amides is 1. The number of rotatable bonds is 4. The van der Waals surface area contributed by atoms with Crippen LogP contribution >= 0.6 is 0 Å². The number of carbonyl (C=O) groups is 1. The zero-order valence-electron chi connectivity index (χ0n) is 21.0. The summed E-state index contributed by atoms with van der Waals surface area (Å²) >= 11 is 0. The lowest BCUT2D eigenvalue weighted by atomic mass is 9.78. The van der Waals surface area contributed by atoms with Crippen molar-refractivity contribution in [1.29, 1.82) is 0 Å². The molecule has 0 aromatic carbocycles. The average Bonchev–Trinajstić information content (AvgIpc) is 3.46. The Hall–Kier alpha value is -3.20. The van der Waals surface area contributed by atoms with Crippen molar-refractivity contribution in [2.75, 3.05) is 50.8 Å². The predicted octanol–water partition coefficient (Wildman–Crippen LogP) is 3.91. The van der Waals surface area contributed by atoms with Crippen LogP contribution in [-0.4, -0.2) is 82.3 Å². The van der Waals surface area contributed by atoms with Crippen LogP contribution in [0.5, 0.6) is 0 Å². The highest BCUT2D eigenvalue weighted by Crippen LogP contribution is 2.47. The third-order valence-corrected chi connectivity index (χ3v) is 8.25. The monoisotopic (exact) mass is 492 g/mol. The van der Waals surface area contributed by atoms with Crippen LogP contribution in [0.15, 0.2) is 36.8 Å². The Morgan fingerprint density at radius 1 is 1.22 bits per heavy atom. The van der Waals surface area contributed by atoms with E-state index in [1.807, 2.05) is 41.8 Å². The van der Waals surface area contributed by atoms with E-state index in [0.29, 0.717) is 12.6 Å². The Kier molecular flexibility index (Phi) is 5.82. The quantitative estimate of drug-likeness (QED) is 0.550. The van der Waals surface area contributed by atoms with E-state index in [9.17, 15) is 9.18 Å². The van der Waals surface area contributed by atoms with Crippen molar-refractivity contribution < 1.29 is 13.9 Å². The molecule has 0 radical (unpaired) electrons. The third kappa shape index (κ3) is 3.99. The number of aromatic nitrogens is 3. The van der Waals surface area contributed by atoms with Crippen LogP contribution in [0, 0.1) is 11.2 Å². The summed E-state index contributed by atoms with van der Waals surface area (Å²) in [6.45, 7) is 7.46. The van der Waals surface area contributed by atoms with Gasteiger partial charge in [0.05, 0.1) is 24.2 Å². The van der Waals surface area contributed by atoms with Gasteiger partial charge in [0, 0.05) is 87.2 Å². The Balaban J connectivity index is 1.14. The molecular weight excluding hydrogens is 459 g/mol. The molecule has 0 N–H and O–H groups in total. The zero-order valence-corrected chi connectivity index (χ0v) is 21.0. The van der Waals surface area contributed by atoms with Gasteiger partial charge in [-0.1, -0.05) is 0 Å². The number of anilines is 1. The van der Waals surface area contributed by atoms with E-state index < -0.39 is 0 Å². The molecule has 1 spiro atoms. The molecule has 2 aliphatic heterocycles. The van der Waals surface area contributed by atoms with E-state index in [1.165, 1.54) is 19.0 Å².